The fourth-order valence-corrected chi connectivity index (χ4v) is 6.04. The molecule has 0 saturated carbocycles. The van der Waals surface area contributed by atoms with Gasteiger partial charge in [0.15, 0.2) is 22.2 Å². The minimum Gasteiger partial charge on any atom is -0.484 e. The third kappa shape index (κ3) is 3.68. The van der Waals surface area contributed by atoms with Gasteiger partial charge in [-0.25, -0.2) is 8.42 Å². The molecule has 2 aliphatic heterocycles. The van der Waals surface area contributed by atoms with Gasteiger partial charge in [0.05, 0.1) is 16.6 Å². The van der Waals surface area contributed by atoms with Crippen LogP contribution in [0, 0.1) is 6.92 Å². The van der Waals surface area contributed by atoms with Crippen LogP contribution in [0.1, 0.15) is 42.7 Å². The quantitative estimate of drug-likeness (QED) is 0.797. The maximum atomic E-state index is 12.8. The predicted molar refractivity (Wildman–Crippen MR) is 99.9 cm³/mol. The zero-order chi connectivity index (χ0) is 21.0. The van der Waals surface area contributed by atoms with Crippen molar-refractivity contribution in [3.05, 3.63) is 51.2 Å². The van der Waals surface area contributed by atoms with E-state index in [9.17, 15) is 26.4 Å². The molecular formula is C20H20F3NO4S. The van der Waals surface area contributed by atoms with Gasteiger partial charge in [0, 0.05) is 29.8 Å². The van der Waals surface area contributed by atoms with Gasteiger partial charge in [-0.05, 0) is 37.0 Å². The van der Waals surface area contributed by atoms with Crippen molar-refractivity contribution in [2.24, 2.45) is 0 Å². The van der Waals surface area contributed by atoms with E-state index >= 15 is 0 Å². The number of Topliss-reactive ketones (excluding diaryl/α,β-unsaturated/α-hetero) is 1. The minimum atomic E-state index is -4.49. The van der Waals surface area contributed by atoms with Crippen molar-refractivity contribution in [2.75, 3.05) is 12.4 Å². The van der Waals surface area contributed by atoms with Crippen molar-refractivity contribution >= 4 is 15.6 Å². The summed E-state index contributed by atoms with van der Waals surface area (Å²) in [5, 5.41) is 3.15. The molecule has 0 bridgehead atoms. The normalized spacial score (nSPS) is 23.6. The Bertz CT molecular complexity index is 1050. The number of halogens is 3. The maximum Gasteiger partial charge on any atom is 0.422 e. The first-order valence-corrected chi connectivity index (χ1v) is 11.0. The molecule has 1 aromatic rings. The Hall–Kier alpha value is -2.29. The zero-order valence-corrected chi connectivity index (χ0v) is 16.5. The monoisotopic (exact) mass is 427 g/mol. The summed E-state index contributed by atoms with van der Waals surface area (Å²) >= 11 is 0. The molecule has 1 aromatic carbocycles. The summed E-state index contributed by atoms with van der Waals surface area (Å²) in [6.07, 6.45) is -2.51. The Morgan fingerprint density at radius 2 is 1.93 bits per heavy atom. The number of benzene rings is 1. The Kier molecular flexibility index (Phi) is 4.76. The van der Waals surface area contributed by atoms with E-state index in [1.54, 1.807) is 19.1 Å². The molecule has 0 amide bonds. The van der Waals surface area contributed by atoms with Crippen molar-refractivity contribution in [1.29, 1.82) is 0 Å². The first-order chi connectivity index (χ1) is 13.6. The first kappa shape index (κ1) is 20.0. The Morgan fingerprint density at radius 3 is 2.66 bits per heavy atom. The molecule has 156 valence electrons. The highest BCUT2D eigenvalue weighted by Crippen LogP contribution is 2.48. The molecule has 1 aliphatic carbocycles. The average molecular weight is 427 g/mol. The van der Waals surface area contributed by atoms with Crippen LogP contribution in [-0.2, 0) is 14.6 Å². The molecule has 0 spiro atoms. The van der Waals surface area contributed by atoms with Gasteiger partial charge in [-0.2, -0.15) is 13.2 Å². The van der Waals surface area contributed by atoms with Crippen LogP contribution in [0.15, 0.2) is 40.1 Å². The number of ketones is 1. The summed E-state index contributed by atoms with van der Waals surface area (Å²) < 4.78 is 68.3. The van der Waals surface area contributed by atoms with E-state index in [0.717, 1.165) is 5.70 Å². The largest absolute Gasteiger partial charge is 0.484 e. The van der Waals surface area contributed by atoms with Crippen molar-refractivity contribution in [3.63, 3.8) is 0 Å². The minimum absolute atomic E-state index is 0.0290. The van der Waals surface area contributed by atoms with Crippen LogP contribution in [0.3, 0.4) is 0 Å². The number of hydrogen-bond acceptors (Lipinski definition) is 5. The van der Waals surface area contributed by atoms with E-state index in [1.807, 2.05) is 0 Å². The van der Waals surface area contributed by atoms with Gasteiger partial charge in [0.25, 0.3) is 0 Å². The molecule has 5 nitrogen and oxygen atoms in total. The molecule has 3 aliphatic rings. The molecule has 29 heavy (non-hydrogen) atoms. The van der Waals surface area contributed by atoms with Gasteiger partial charge in [0.2, 0.25) is 0 Å². The van der Waals surface area contributed by atoms with E-state index < -0.39 is 28.5 Å². The number of rotatable bonds is 3. The zero-order valence-electron chi connectivity index (χ0n) is 15.7. The lowest BCUT2D eigenvalue weighted by atomic mass is 9.79. The number of ether oxygens (including phenoxy) is 1. The van der Waals surface area contributed by atoms with Crippen LogP contribution in [0.25, 0.3) is 0 Å². The molecule has 1 N–H and O–H groups in total. The molecule has 0 aromatic heterocycles. The number of carbonyl (C=O) groups is 1. The van der Waals surface area contributed by atoms with Crippen molar-refractivity contribution < 1.29 is 31.1 Å². The summed E-state index contributed by atoms with van der Waals surface area (Å²) in [6, 6.07) is 4.69. The van der Waals surface area contributed by atoms with Crippen LogP contribution in [0.5, 0.6) is 5.75 Å². The number of dihydropyridines is 1. The van der Waals surface area contributed by atoms with E-state index in [4.69, 9.17) is 4.74 Å². The molecule has 0 fully saturated rings. The summed E-state index contributed by atoms with van der Waals surface area (Å²) in [7, 11) is -3.57. The number of hydrogen-bond donors (Lipinski definition) is 1. The van der Waals surface area contributed by atoms with E-state index in [0.29, 0.717) is 48.1 Å². The standard InChI is InChI=1S/C20H20F3NO4S/c1-11-5-6-12(9-16(11)28-10-20(21,22)23)17-18-13(3-2-4-15(18)25)24-14-7-8-29(26,27)19(14)17/h5-6,9,17,24H,2-4,7-8,10H2,1H3. The SMILES string of the molecule is Cc1ccc(C2C3=C(CCCC3=O)NC3=C2S(=O)(=O)CC3)cc1OCC(F)(F)F. The third-order valence-corrected chi connectivity index (χ3v) is 7.39. The predicted octanol–water partition coefficient (Wildman–Crippen LogP) is 3.66. The third-order valence-electron chi connectivity index (χ3n) is 5.50. The van der Waals surface area contributed by atoms with Crippen LogP contribution in [0.2, 0.25) is 0 Å². The Labute approximate surface area is 166 Å². The summed E-state index contributed by atoms with van der Waals surface area (Å²) in [5.74, 6) is -0.952. The fraction of sp³-hybridized carbons (Fsp3) is 0.450. The van der Waals surface area contributed by atoms with E-state index in [-0.39, 0.29) is 22.2 Å². The van der Waals surface area contributed by atoms with Crippen LogP contribution < -0.4 is 10.1 Å². The van der Waals surface area contributed by atoms with Gasteiger partial charge >= 0.3 is 6.18 Å². The van der Waals surface area contributed by atoms with Crippen LogP contribution in [-0.4, -0.2) is 32.7 Å². The Balaban J connectivity index is 1.83. The Morgan fingerprint density at radius 1 is 1.17 bits per heavy atom. The number of aryl methyl sites for hydroxylation is 1. The second kappa shape index (κ2) is 6.90. The molecule has 4 rings (SSSR count). The summed E-state index contributed by atoms with van der Waals surface area (Å²) in [4.78, 5) is 12.9. The number of nitrogens with one attached hydrogen (secondary N) is 1. The highest BCUT2D eigenvalue weighted by Gasteiger charge is 2.44. The second-order valence-electron chi connectivity index (χ2n) is 7.57. The highest BCUT2D eigenvalue weighted by molar-refractivity contribution is 7.95. The van der Waals surface area contributed by atoms with Gasteiger partial charge < -0.3 is 10.1 Å². The van der Waals surface area contributed by atoms with Gasteiger partial charge in [-0.1, -0.05) is 12.1 Å². The number of sulfone groups is 1. The second-order valence-corrected chi connectivity index (χ2v) is 9.65. The molecule has 1 unspecified atom stereocenters. The molecule has 2 heterocycles. The van der Waals surface area contributed by atoms with Crippen molar-refractivity contribution in [2.45, 2.75) is 44.7 Å². The van der Waals surface area contributed by atoms with E-state index in [2.05, 4.69) is 5.32 Å². The fourth-order valence-electron chi connectivity index (χ4n) is 4.21. The highest BCUT2D eigenvalue weighted by atomic mass is 32.2. The molecule has 0 saturated heterocycles. The van der Waals surface area contributed by atoms with Crippen molar-refractivity contribution in [1.82, 2.24) is 5.32 Å². The van der Waals surface area contributed by atoms with Crippen LogP contribution in [0.4, 0.5) is 13.2 Å². The van der Waals surface area contributed by atoms with Crippen LogP contribution >= 0.6 is 0 Å². The first-order valence-electron chi connectivity index (χ1n) is 9.36. The van der Waals surface area contributed by atoms with Crippen molar-refractivity contribution in [3.8, 4) is 5.75 Å². The average Bonchev–Trinajstić information content (AvgIpc) is 2.94. The topological polar surface area (TPSA) is 72.5 Å². The number of carbonyl (C=O) groups excluding carboxylic acids is 1. The molecule has 1 atom stereocenters. The maximum absolute atomic E-state index is 12.8. The molecular weight excluding hydrogens is 407 g/mol. The van der Waals surface area contributed by atoms with Gasteiger partial charge in [-0.3, -0.25) is 4.79 Å². The molecule has 0 radical (unpaired) electrons. The summed E-state index contributed by atoms with van der Waals surface area (Å²) in [6.45, 7) is 0.175. The van der Waals surface area contributed by atoms with Gasteiger partial charge in [0.1, 0.15) is 5.75 Å². The number of allylic oxidation sites excluding steroid dienone is 4. The van der Waals surface area contributed by atoms with Gasteiger partial charge in [-0.15, -0.1) is 0 Å². The lowest BCUT2D eigenvalue weighted by Gasteiger charge is -2.33. The van der Waals surface area contributed by atoms with E-state index in [1.165, 1.54) is 6.07 Å². The summed E-state index contributed by atoms with van der Waals surface area (Å²) in [5.41, 5.74) is 2.67. The lowest BCUT2D eigenvalue weighted by Crippen LogP contribution is -2.32. The number of alkyl halides is 3. The molecule has 9 heteroatoms. The lowest BCUT2D eigenvalue weighted by molar-refractivity contribution is -0.153. The smallest absolute Gasteiger partial charge is 0.422 e.